The first-order chi connectivity index (χ1) is 13.7. The minimum Gasteiger partial charge on any atom is -0.367 e. The summed E-state index contributed by atoms with van der Waals surface area (Å²) in [6, 6.07) is 3.77. The second-order valence-corrected chi connectivity index (χ2v) is 7.07. The molecule has 3 aromatic heterocycles. The van der Waals surface area contributed by atoms with Crippen molar-refractivity contribution in [2.45, 2.75) is 26.2 Å². The number of likely N-dealkylation sites (tertiary alicyclic amines) is 1. The number of halogens is 1. The second-order valence-electron chi connectivity index (χ2n) is 7.07. The first-order valence-corrected chi connectivity index (χ1v) is 9.62. The van der Waals surface area contributed by atoms with E-state index >= 15 is 0 Å². The van der Waals surface area contributed by atoms with Crippen LogP contribution in [0.1, 0.15) is 26.2 Å². The van der Waals surface area contributed by atoms with E-state index in [2.05, 4.69) is 25.3 Å². The molecule has 0 aromatic carbocycles. The molecule has 4 rings (SSSR count). The normalized spacial score (nSPS) is 17.1. The van der Waals surface area contributed by atoms with Gasteiger partial charge in [-0.1, -0.05) is 6.92 Å². The van der Waals surface area contributed by atoms with Crippen molar-refractivity contribution < 1.29 is 9.18 Å². The maximum atomic E-state index is 14.3. The highest BCUT2D eigenvalue weighted by atomic mass is 19.1. The van der Waals surface area contributed by atoms with E-state index in [1.807, 2.05) is 24.0 Å². The summed E-state index contributed by atoms with van der Waals surface area (Å²) in [5, 5.41) is 4.01. The fraction of sp³-hybridized carbons (Fsp3) is 0.400. The lowest BCUT2D eigenvalue weighted by atomic mass is 9.97. The van der Waals surface area contributed by atoms with Crippen LogP contribution in [0.5, 0.6) is 0 Å². The van der Waals surface area contributed by atoms with Crippen LogP contribution in [0.25, 0.3) is 22.4 Å². The average molecular weight is 382 g/mol. The van der Waals surface area contributed by atoms with Gasteiger partial charge in [0.15, 0.2) is 17.5 Å². The van der Waals surface area contributed by atoms with Gasteiger partial charge in [0.05, 0.1) is 6.20 Å². The van der Waals surface area contributed by atoms with Crippen LogP contribution in [0.2, 0.25) is 0 Å². The van der Waals surface area contributed by atoms with Gasteiger partial charge in [0, 0.05) is 49.4 Å². The highest BCUT2D eigenvalue weighted by molar-refractivity contribution is 5.91. The van der Waals surface area contributed by atoms with Gasteiger partial charge >= 0.3 is 0 Å². The number of pyridine rings is 1. The monoisotopic (exact) mass is 382 g/mol. The van der Waals surface area contributed by atoms with Crippen LogP contribution in [0.15, 0.2) is 30.7 Å². The van der Waals surface area contributed by atoms with Crippen molar-refractivity contribution in [3.05, 3.63) is 36.5 Å². The van der Waals surface area contributed by atoms with Crippen LogP contribution in [0, 0.1) is 11.7 Å². The van der Waals surface area contributed by atoms with Gasteiger partial charge in [-0.2, -0.15) is 0 Å². The molecule has 0 bridgehead atoms. The zero-order valence-electron chi connectivity index (χ0n) is 15.8. The number of aromatic nitrogens is 4. The summed E-state index contributed by atoms with van der Waals surface area (Å²) in [4.78, 5) is 29.7. The molecular formula is C20H23FN6O. The van der Waals surface area contributed by atoms with Gasteiger partial charge < -0.3 is 15.2 Å². The molecule has 28 heavy (non-hydrogen) atoms. The molecule has 2 N–H and O–H groups in total. The minimum atomic E-state index is -0.487. The number of fused-ring (bicyclic) bond motifs is 1. The Kier molecular flexibility index (Phi) is 5.18. The van der Waals surface area contributed by atoms with Crippen molar-refractivity contribution in [1.82, 2.24) is 24.8 Å². The molecule has 0 saturated carbocycles. The number of nitrogens with zero attached hydrogens (tertiary/aromatic N) is 4. The zero-order valence-corrected chi connectivity index (χ0v) is 15.8. The number of nitrogens with one attached hydrogen (secondary N) is 2. The van der Waals surface area contributed by atoms with E-state index in [-0.39, 0.29) is 17.6 Å². The van der Waals surface area contributed by atoms with Crippen LogP contribution in [-0.2, 0) is 4.79 Å². The molecule has 1 aliphatic rings. The van der Waals surface area contributed by atoms with E-state index in [9.17, 15) is 9.18 Å². The summed E-state index contributed by atoms with van der Waals surface area (Å²) in [6.45, 7) is 3.95. The number of hydrogen-bond donors (Lipinski definition) is 2. The van der Waals surface area contributed by atoms with E-state index in [4.69, 9.17) is 0 Å². The molecule has 0 unspecified atom stereocenters. The third kappa shape index (κ3) is 3.67. The number of H-pyrrole nitrogens is 1. The lowest BCUT2D eigenvalue weighted by molar-refractivity contribution is -0.132. The van der Waals surface area contributed by atoms with Gasteiger partial charge in [0.1, 0.15) is 5.65 Å². The van der Waals surface area contributed by atoms with E-state index in [0.29, 0.717) is 25.3 Å². The molecule has 4 heterocycles. The van der Waals surface area contributed by atoms with Crippen LogP contribution in [0.4, 0.5) is 10.2 Å². The topological polar surface area (TPSA) is 86.8 Å². The Hall–Kier alpha value is -3.03. The first kappa shape index (κ1) is 18.3. The molecule has 0 radical (unpaired) electrons. The Morgan fingerprint density at radius 2 is 2.32 bits per heavy atom. The molecule has 1 amide bonds. The molecule has 0 spiro atoms. The molecule has 1 atom stereocenters. The quantitative estimate of drug-likeness (QED) is 0.708. The van der Waals surface area contributed by atoms with Crippen molar-refractivity contribution in [1.29, 1.82) is 0 Å². The lowest BCUT2D eigenvalue weighted by Gasteiger charge is -2.32. The van der Waals surface area contributed by atoms with Crippen molar-refractivity contribution in [2.75, 3.05) is 25.0 Å². The Morgan fingerprint density at radius 1 is 1.43 bits per heavy atom. The van der Waals surface area contributed by atoms with Crippen LogP contribution in [0.3, 0.4) is 0 Å². The summed E-state index contributed by atoms with van der Waals surface area (Å²) in [6.07, 6.45) is 7.17. The van der Waals surface area contributed by atoms with Gasteiger partial charge in [-0.05, 0) is 30.9 Å². The van der Waals surface area contributed by atoms with Gasteiger partial charge in [-0.3, -0.25) is 4.79 Å². The maximum Gasteiger partial charge on any atom is 0.222 e. The van der Waals surface area contributed by atoms with Gasteiger partial charge in [-0.25, -0.2) is 19.3 Å². The fourth-order valence-corrected chi connectivity index (χ4v) is 3.68. The number of aromatic amines is 1. The van der Waals surface area contributed by atoms with Crippen molar-refractivity contribution in [3.63, 3.8) is 0 Å². The van der Waals surface area contributed by atoms with Crippen molar-refractivity contribution >= 4 is 22.8 Å². The van der Waals surface area contributed by atoms with Crippen LogP contribution < -0.4 is 5.32 Å². The maximum absolute atomic E-state index is 14.3. The highest BCUT2D eigenvalue weighted by Crippen LogP contribution is 2.26. The minimum absolute atomic E-state index is 0.174. The Balaban J connectivity index is 1.50. The SMILES string of the molecule is CCC(=O)N1CCC[C@@H](CNc2nc(-c3c[nH]c4ncccc34)ncc2F)C1. The van der Waals surface area contributed by atoms with Gasteiger partial charge in [0.25, 0.3) is 0 Å². The second kappa shape index (κ2) is 7.92. The summed E-state index contributed by atoms with van der Waals surface area (Å²) < 4.78 is 14.3. The van der Waals surface area contributed by atoms with E-state index in [1.54, 1.807) is 12.4 Å². The van der Waals surface area contributed by atoms with E-state index in [1.165, 1.54) is 6.20 Å². The largest absolute Gasteiger partial charge is 0.367 e. The fourth-order valence-electron chi connectivity index (χ4n) is 3.68. The number of rotatable bonds is 5. The third-order valence-corrected chi connectivity index (χ3v) is 5.17. The van der Waals surface area contributed by atoms with Crippen LogP contribution in [-0.4, -0.2) is 50.4 Å². The molecular weight excluding hydrogens is 359 g/mol. The average Bonchev–Trinajstić information content (AvgIpc) is 3.17. The number of hydrogen-bond acceptors (Lipinski definition) is 5. The van der Waals surface area contributed by atoms with Crippen molar-refractivity contribution in [2.24, 2.45) is 5.92 Å². The summed E-state index contributed by atoms with van der Waals surface area (Å²) >= 11 is 0. The van der Waals surface area contributed by atoms with Crippen LogP contribution >= 0.6 is 0 Å². The lowest BCUT2D eigenvalue weighted by Crippen LogP contribution is -2.41. The van der Waals surface area contributed by atoms with E-state index < -0.39 is 5.82 Å². The Bertz CT molecular complexity index is 988. The molecule has 1 saturated heterocycles. The Morgan fingerprint density at radius 3 is 3.18 bits per heavy atom. The predicted molar refractivity (Wildman–Crippen MR) is 105 cm³/mol. The molecule has 0 aliphatic carbocycles. The van der Waals surface area contributed by atoms with Crippen molar-refractivity contribution in [3.8, 4) is 11.4 Å². The predicted octanol–water partition coefficient (Wildman–Crippen LogP) is 3.22. The first-order valence-electron chi connectivity index (χ1n) is 9.62. The number of carbonyl (C=O) groups is 1. The van der Waals surface area contributed by atoms with Gasteiger partial charge in [0.2, 0.25) is 5.91 Å². The molecule has 8 heteroatoms. The van der Waals surface area contributed by atoms with Gasteiger partial charge in [-0.15, -0.1) is 0 Å². The summed E-state index contributed by atoms with van der Waals surface area (Å²) in [5.41, 5.74) is 1.52. The van der Waals surface area contributed by atoms with E-state index in [0.717, 1.165) is 36.0 Å². The number of amides is 1. The number of carbonyl (C=O) groups excluding carboxylic acids is 1. The molecule has 7 nitrogen and oxygen atoms in total. The number of piperidine rings is 1. The zero-order chi connectivity index (χ0) is 19.5. The molecule has 146 valence electrons. The number of anilines is 1. The highest BCUT2D eigenvalue weighted by Gasteiger charge is 2.23. The third-order valence-electron chi connectivity index (χ3n) is 5.17. The molecule has 1 fully saturated rings. The Labute approximate surface area is 162 Å². The molecule has 1 aliphatic heterocycles. The molecule has 3 aromatic rings. The standard InChI is InChI=1S/C20H23FN6O/c1-2-17(28)27-8-4-5-13(12-27)9-23-20-16(21)11-25-19(26-20)15-10-24-18-14(15)6-3-7-22-18/h3,6-7,10-11,13H,2,4-5,8-9,12H2,1H3,(H,22,24)(H,23,25,26)/t13-/m0/s1. The smallest absolute Gasteiger partial charge is 0.222 e. The summed E-state index contributed by atoms with van der Waals surface area (Å²) in [7, 11) is 0. The summed E-state index contributed by atoms with van der Waals surface area (Å²) in [5.74, 6) is 0.586.